The third-order valence-corrected chi connectivity index (χ3v) is 2.71. The highest BCUT2D eigenvalue weighted by Crippen LogP contribution is 2.45. The molecule has 1 aliphatic rings. The van der Waals surface area contributed by atoms with Crippen LogP contribution in [0.5, 0.6) is 0 Å². The predicted molar refractivity (Wildman–Crippen MR) is 51.4 cm³/mol. The van der Waals surface area contributed by atoms with Gasteiger partial charge >= 0.3 is 5.97 Å². The predicted octanol–water partition coefficient (Wildman–Crippen LogP) is 1.60. The van der Waals surface area contributed by atoms with E-state index in [0.29, 0.717) is 30.6 Å². The van der Waals surface area contributed by atoms with E-state index in [0.717, 1.165) is 12.2 Å². The van der Waals surface area contributed by atoms with Crippen molar-refractivity contribution in [1.82, 2.24) is 10.1 Å². The molecule has 0 spiro atoms. The van der Waals surface area contributed by atoms with Crippen LogP contribution in [0.4, 0.5) is 0 Å². The maximum atomic E-state index is 10.3. The summed E-state index contributed by atoms with van der Waals surface area (Å²) in [7, 11) is 0. The van der Waals surface area contributed by atoms with E-state index in [-0.39, 0.29) is 6.42 Å². The molecule has 0 aliphatic heterocycles. The zero-order chi connectivity index (χ0) is 10.8. The second-order valence-electron chi connectivity index (χ2n) is 4.11. The number of hydrogen-bond donors (Lipinski definition) is 1. The summed E-state index contributed by atoms with van der Waals surface area (Å²) in [5.74, 6) is 1.68. The van der Waals surface area contributed by atoms with Crippen molar-refractivity contribution in [1.29, 1.82) is 0 Å². The van der Waals surface area contributed by atoms with E-state index in [2.05, 4.69) is 17.1 Å². The molecule has 2 atom stereocenters. The summed E-state index contributed by atoms with van der Waals surface area (Å²) < 4.78 is 5.04. The van der Waals surface area contributed by atoms with Gasteiger partial charge in [0, 0.05) is 18.8 Å². The van der Waals surface area contributed by atoms with Crippen molar-refractivity contribution >= 4 is 5.97 Å². The summed E-state index contributed by atoms with van der Waals surface area (Å²) in [6.07, 6.45) is 2.39. The van der Waals surface area contributed by atoms with Gasteiger partial charge in [0.05, 0.1) is 0 Å². The van der Waals surface area contributed by atoms with Crippen molar-refractivity contribution in [3.63, 3.8) is 0 Å². The Kier molecular flexibility index (Phi) is 2.70. The third-order valence-electron chi connectivity index (χ3n) is 2.71. The highest BCUT2D eigenvalue weighted by Gasteiger charge is 2.37. The van der Waals surface area contributed by atoms with Gasteiger partial charge in [0.15, 0.2) is 5.82 Å². The molecular formula is C10H14N2O3. The van der Waals surface area contributed by atoms with E-state index in [9.17, 15) is 4.79 Å². The number of carboxylic acids is 1. The second kappa shape index (κ2) is 4.00. The summed E-state index contributed by atoms with van der Waals surface area (Å²) in [6, 6.07) is 0. The van der Waals surface area contributed by atoms with Crippen LogP contribution >= 0.6 is 0 Å². The molecule has 1 heterocycles. The highest BCUT2D eigenvalue weighted by molar-refractivity contribution is 5.66. The molecule has 1 aliphatic carbocycles. The van der Waals surface area contributed by atoms with Gasteiger partial charge in [0.2, 0.25) is 5.89 Å². The van der Waals surface area contributed by atoms with Crippen molar-refractivity contribution in [2.45, 2.75) is 38.5 Å². The number of aryl methyl sites for hydroxylation is 1. The SMILES string of the molecule is CC1CC1c1noc(CCCC(=O)O)n1. The van der Waals surface area contributed by atoms with Crippen LogP contribution in [0.3, 0.4) is 0 Å². The number of nitrogens with zero attached hydrogens (tertiary/aromatic N) is 2. The number of hydrogen-bond acceptors (Lipinski definition) is 4. The lowest BCUT2D eigenvalue weighted by Crippen LogP contribution is -1.96. The standard InChI is InChI=1S/C10H14N2O3/c1-6-5-7(6)10-11-8(15-12-10)3-2-4-9(13)14/h6-7H,2-5H2,1H3,(H,13,14). The number of rotatable bonds is 5. The lowest BCUT2D eigenvalue weighted by molar-refractivity contribution is -0.137. The molecule has 2 unspecified atom stereocenters. The van der Waals surface area contributed by atoms with E-state index in [1.54, 1.807) is 0 Å². The molecule has 1 fully saturated rings. The Balaban J connectivity index is 1.82. The highest BCUT2D eigenvalue weighted by atomic mass is 16.5. The van der Waals surface area contributed by atoms with Crippen LogP contribution in [-0.2, 0) is 11.2 Å². The summed E-state index contributed by atoms with van der Waals surface area (Å²) >= 11 is 0. The normalized spacial score (nSPS) is 24.1. The molecule has 15 heavy (non-hydrogen) atoms. The van der Waals surface area contributed by atoms with Gasteiger partial charge in [-0.3, -0.25) is 4.79 Å². The monoisotopic (exact) mass is 210 g/mol. The number of carboxylic acid groups (broad SMARTS) is 1. The van der Waals surface area contributed by atoms with Crippen LogP contribution in [0.15, 0.2) is 4.52 Å². The zero-order valence-corrected chi connectivity index (χ0v) is 8.64. The van der Waals surface area contributed by atoms with Gasteiger partial charge in [-0.2, -0.15) is 4.98 Å². The molecule has 0 saturated heterocycles. The molecule has 1 saturated carbocycles. The minimum atomic E-state index is -0.787. The number of aliphatic carboxylic acids is 1. The lowest BCUT2D eigenvalue weighted by Gasteiger charge is -1.90. The summed E-state index contributed by atoms with van der Waals surface area (Å²) in [5.41, 5.74) is 0. The smallest absolute Gasteiger partial charge is 0.303 e. The first-order valence-electron chi connectivity index (χ1n) is 5.21. The van der Waals surface area contributed by atoms with E-state index in [1.807, 2.05) is 0 Å². The first kappa shape index (κ1) is 10.1. The van der Waals surface area contributed by atoms with Crippen LogP contribution in [0.25, 0.3) is 0 Å². The molecule has 1 N–H and O–H groups in total. The van der Waals surface area contributed by atoms with Crippen molar-refractivity contribution in [3.05, 3.63) is 11.7 Å². The van der Waals surface area contributed by atoms with Gasteiger partial charge in [0.25, 0.3) is 0 Å². The Hall–Kier alpha value is -1.39. The van der Waals surface area contributed by atoms with Crippen molar-refractivity contribution in [2.75, 3.05) is 0 Å². The van der Waals surface area contributed by atoms with Crippen LogP contribution in [-0.4, -0.2) is 21.2 Å². The molecule has 2 rings (SSSR count). The van der Waals surface area contributed by atoms with Gasteiger partial charge in [-0.05, 0) is 18.8 Å². The lowest BCUT2D eigenvalue weighted by atomic mass is 10.2. The van der Waals surface area contributed by atoms with Gasteiger partial charge in [-0.25, -0.2) is 0 Å². The Labute approximate surface area is 87.5 Å². The Morgan fingerprint density at radius 2 is 2.40 bits per heavy atom. The molecular weight excluding hydrogens is 196 g/mol. The Bertz CT molecular complexity index is 361. The molecule has 82 valence electrons. The summed E-state index contributed by atoms with van der Waals surface area (Å²) in [4.78, 5) is 14.5. The average Bonchev–Trinajstić information content (AvgIpc) is 2.73. The third kappa shape index (κ3) is 2.55. The number of carbonyl (C=O) groups is 1. The minimum Gasteiger partial charge on any atom is -0.481 e. The largest absolute Gasteiger partial charge is 0.481 e. The van der Waals surface area contributed by atoms with Crippen LogP contribution in [0.2, 0.25) is 0 Å². The second-order valence-corrected chi connectivity index (χ2v) is 4.11. The van der Waals surface area contributed by atoms with Gasteiger partial charge in [-0.15, -0.1) is 0 Å². The molecule has 1 aromatic heterocycles. The van der Waals surface area contributed by atoms with Crippen LogP contribution in [0.1, 0.15) is 43.8 Å². The summed E-state index contributed by atoms with van der Waals surface area (Å²) in [5, 5.41) is 12.4. The topological polar surface area (TPSA) is 76.2 Å². The fraction of sp³-hybridized carbons (Fsp3) is 0.700. The maximum Gasteiger partial charge on any atom is 0.303 e. The zero-order valence-electron chi connectivity index (χ0n) is 8.64. The fourth-order valence-corrected chi connectivity index (χ4v) is 1.59. The van der Waals surface area contributed by atoms with E-state index in [4.69, 9.17) is 9.63 Å². The van der Waals surface area contributed by atoms with Crippen molar-refractivity contribution in [3.8, 4) is 0 Å². The molecule has 0 aromatic carbocycles. The molecule has 0 bridgehead atoms. The fourth-order valence-electron chi connectivity index (χ4n) is 1.59. The van der Waals surface area contributed by atoms with E-state index >= 15 is 0 Å². The van der Waals surface area contributed by atoms with Gasteiger partial charge in [0.1, 0.15) is 0 Å². The minimum absolute atomic E-state index is 0.150. The molecule has 5 heteroatoms. The molecule has 0 amide bonds. The van der Waals surface area contributed by atoms with E-state index in [1.165, 1.54) is 0 Å². The molecule has 1 aromatic rings. The first-order valence-corrected chi connectivity index (χ1v) is 5.21. The average molecular weight is 210 g/mol. The maximum absolute atomic E-state index is 10.3. The van der Waals surface area contributed by atoms with E-state index < -0.39 is 5.97 Å². The molecule has 0 radical (unpaired) electrons. The van der Waals surface area contributed by atoms with Gasteiger partial charge in [-0.1, -0.05) is 12.1 Å². The van der Waals surface area contributed by atoms with Gasteiger partial charge < -0.3 is 9.63 Å². The van der Waals surface area contributed by atoms with Crippen LogP contribution < -0.4 is 0 Å². The van der Waals surface area contributed by atoms with Crippen LogP contribution in [0, 0.1) is 5.92 Å². The molecule has 5 nitrogen and oxygen atoms in total. The first-order chi connectivity index (χ1) is 7.16. The Morgan fingerprint density at radius 3 is 3.00 bits per heavy atom. The van der Waals surface area contributed by atoms with Crippen molar-refractivity contribution in [2.24, 2.45) is 5.92 Å². The Morgan fingerprint density at radius 1 is 1.67 bits per heavy atom. The van der Waals surface area contributed by atoms with Crippen molar-refractivity contribution < 1.29 is 14.4 Å². The quantitative estimate of drug-likeness (QED) is 0.798. The summed E-state index contributed by atoms with van der Waals surface area (Å²) in [6.45, 7) is 2.16. The number of aromatic nitrogens is 2.